The molecule has 0 aromatic carbocycles. The molecule has 0 aliphatic heterocycles. The van der Waals surface area contributed by atoms with Crippen LogP contribution in [-0.4, -0.2) is 33.4 Å². The van der Waals surface area contributed by atoms with Gasteiger partial charge in [-0.05, 0) is 69.1 Å². The van der Waals surface area contributed by atoms with Crippen molar-refractivity contribution >= 4 is 5.91 Å². The van der Waals surface area contributed by atoms with Crippen molar-refractivity contribution in [2.45, 2.75) is 102 Å². The normalized spacial score (nSPS) is 32.9. The highest BCUT2D eigenvalue weighted by atomic mass is 16.3. The van der Waals surface area contributed by atoms with Gasteiger partial charge in [0.2, 0.25) is 0 Å². The number of amides is 1. The van der Waals surface area contributed by atoms with Crippen LogP contribution < -0.4 is 5.32 Å². The molecule has 1 aromatic heterocycles. The number of aliphatic hydroxyl groups is 1. The highest BCUT2D eigenvalue weighted by molar-refractivity contribution is 5.94. The number of carbonyl (C=O) groups is 1. The summed E-state index contributed by atoms with van der Waals surface area (Å²) in [5, 5.41) is 18.1. The lowest BCUT2D eigenvalue weighted by Gasteiger charge is -2.31. The second-order valence-electron chi connectivity index (χ2n) is 9.81. The predicted molar refractivity (Wildman–Crippen MR) is 108 cm³/mol. The molecule has 28 heavy (non-hydrogen) atoms. The maximum Gasteiger partial charge on any atom is 0.272 e. The van der Waals surface area contributed by atoms with Gasteiger partial charge in [-0.15, -0.1) is 0 Å². The first-order chi connectivity index (χ1) is 13.7. The van der Waals surface area contributed by atoms with E-state index in [2.05, 4.69) is 10.00 Å². The highest BCUT2D eigenvalue weighted by Crippen LogP contribution is 2.59. The first-order valence-electron chi connectivity index (χ1n) is 11.7. The van der Waals surface area contributed by atoms with Gasteiger partial charge < -0.3 is 10.4 Å². The highest BCUT2D eigenvalue weighted by Gasteiger charge is 2.59. The molecule has 3 atom stereocenters. The Kier molecular flexibility index (Phi) is 4.98. The van der Waals surface area contributed by atoms with E-state index in [4.69, 9.17) is 5.10 Å². The molecule has 5 heteroatoms. The molecular formula is C23H35N3O2. The van der Waals surface area contributed by atoms with Gasteiger partial charge in [-0.25, -0.2) is 0 Å². The Labute approximate surface area is 168 Å². The van der Waals surface area contributed by atoms with Gasteiger partial charge in [0.15, 0.2) is 5.69 Å². The van der Waals surface area contributed by atoms with E-state index < -0.39 is 0 Å². The first-order valence-corrected chi connectivity index (χ1v) is 11.7. The second-order valence-corrected chi connectivity index (χ2v) is 9.81. The quantitative estimate of drug-likeness (QED) is 0.825. The molecular weight excluding hydrogens is 350 g/mol. The zero-order valence-electron chi connectivity index (χ0n) is 17.1. The van der Waals surface area contributed by atoms with E-state index in [1.807, 2.05) is 0 Å². The minimum absolute atomic E-state index is 0.0387. The van der Waals surface area contributed by atoms with E-state index in [1.54, 1.807) is 0 Å². The van der Waals surface area contributed by atoms with Crippen LogP contribution in [0.4, 0.5) is 0 Å². The Morgan fingerprint density at radius 2 is 1.86 bits per heavy atom. The molecule has 5 nitrogen and oxygen atoms in total. The third kappa shape index (κ3) is 3.10. The van der Waals surface area contributed by atoms with Crippen LogP contribution >= 0.6 is 0 Å². The van der Waals surface area contributed by atoms with E-state index in [1.165, 1.54) is 69.0 Å². The molecule has 0 bridgehead atoms. The molecule has 4 aliphatic rings. The number of hydrogen-bond acceptors (Lipinski definition) is 3. The Bertz CT molecular complexity index is 736. The molecule has 0 saturated heterocycles. The van der Waals surface area contributed by atoms with E-state index >= 15 is 0 Å². The van der Waals surface area contributed by atoms with Crippen LogP contribution in [0.1, 0.15) is 105 Å². The summed E-state index contributed by atoms with van der Waals surface area (Å²) in [6, 6.07) is 0.725. The molecule has 3 fully saturated rings. The van der Waals surface area contributed by atoms with Crippen molar-refractivity contribution in [3.8, 4) is 0 Å². The van der Waals surface area contributed by atoms with Gasteiger partial charge in [-0.1, -0.05) is 32.1 Å². The standard InChI is InChI=1S/C23H35N3O2/c27-15-16-8-6-7-13-23(16)14-20(23)24-22(28)21-18-11-4-5-12-19(18)26(25-21)17-9-2-1-3-10-17/h16-17,20,27H,1-15H2,(H,24,28)/t16-,20?,23?/m0/s1. The number of nitrogens with zero attached hydrogens (tertiary/aromatic N) is 2. The third-order valence-electron chi connectivity index (χ3n) is 8.25. The molecule has 4 aliphatic carbocycles. The van der Waals surface area contributed by atoms with Crippen molar-refractivity contribution in [1.29, 1.82) is 0 Å². The van der Waals surface area contributed by atoms with Gasteiger partial charge in [-0.2, -0.15) is 5.10 Å². The fraction of sp³-hybridized carbons (Fsp3) is 0.826. The fourth-order valence-corrected chi connectivity index (χ4v) is 6.52. The molecule has 2 N–H and O–H groups in total. The van der Waals surface area contributed by atoms with Crippen LogP contribution in [0.5, 0.6) is 0 Å². The zero-order valence-corrected chi connectivity index (χ0v) is 17.1. The van der Waals surface area contributed by atoms with Crippen molar-refractivity contribution < 1.29 is 9.90 Å². The number of hydrogen-bond donors (Lipinski definition) is 2. The minimum Gasteiger partial charge on any atom is -0.396 e. The molecule has 3 saturated carbocycles. The zero-order chi connectivity index (χ0) is 19.1. The second kappa shape index (κ2) is 7.47. The molecule has 1 amide bonds. The van der Waals surface area contributed by atoms with Crippen LogP contribution in [0.15, 0.2) is 0 Å². The van der Waals surface area contributed by atoms with Crippen LogP contribution in [0.3, 0.4) is 0 Å². The van der Waals surface area contributed by atoms with Crippen molar-refractivity contribution in [1.82, 2.24) is 15.1 Å². The van der Waals surface area contributed by atoms with Crippen LogP contribution in [0.25, 0.3) is 0 Å². The summed E-state index contributed by atoms with van der Waals surface area (Å²) in [7, 11) is 0. The van der Waals surface area contributed by atoms with Gasteiger partial charge in [0.05, 0.1) is 6.04 Å². The maximum absolute atomic E-state index is 13.2. The van der Waals surface area contributed by atoms with Gasteiger partial charge in [0.25, 0.3) is 5.91 Å². The van der Waals surface area contributed by atoms with Gasteiger partial charge in [-0.3, -0.25) is 9.48 Å². The number of fused-ring (bicyclic) bond motifs is 1. The summed E-state index contributed by atoms with van der Waals surface area (Å²) < 4.78 is 2.25. The molecule has 5 rings (SSSR count). The average Bonchev–Trinajstić information content (AvgIpc) is 3.25. The average molecular weight is 386 g/mol. The lowest BCUT2D eigenvalue weighted by molar-refractivity contribution is 0.0888. The predicted octanol–water partition coefficient (Wildman–Crippen LogP) is 3.94. The van der Waals surface area contributed by atoms with E-state index in [9.17, 15) is 9.90 Å². The Hall–Kier alpha value is -1.36. The molecule has 1 spiro atoms. The number of carbonyl (C=O) groups excluding carboxylic acids is 1. The summed E-state index contributed by atoms with van der Waals surface area (Å²) in [5.74, 6) is 0.400. The summed E-state index contributed by atoms with van der Waals surface area (Å²) in [4.78, 5) is 13.2. The minimum atomic E-state index is 0.0387. The maximum atomic E-state index is 13.2. The van der Waals surface area contributed by atoms with Gasteiger partial charge in [0.1, 0.15) is 0 Å². The lowest BCUT2D eigenvalue weighted by atomic mass is 9.76. The summed E-state index contributed by atoms with van der Waals surface area (Å²) in [6.07, 6.45) is 16.5. The molecule has 2 unspecified atom stereocenters. The molecule has 1 heterocycles. The van der Waals surface area contributed by atoms with Crippen molar-refractivity contribution in [2.24, 2.45) is 11.3 Å². The lowest BCUT2D eigenvalue weighted by Crippen LogP contribution is -2.36. The summed E-state index contributed by atoms with van der Waals surface area (Å²) in [5.41, 5.74) is 3.44. The molecule has 1 aromatic rings. The monoisotopic (exact) mass is 385 g/mol. The van der Waals surface area contributed by atoms with Crippen LogP contribution in [0, 0.1) is 11.3 Å². The Balaban J connectivity index is 1.36. The van der Waals surface area contributed by atoms with Gasteiger partial charge >= 0.3 is 0 Å². The first kappa shape index (κ1) is 18.7. The summed E-state index contributed by atoms with van der Waals surface area (Å²) in [6.45, 7) is 0.262. The number of nitrogens with one attached hydrogen (secondary N) is 1. The van der Waals surface area contributed by atoms with Gasteiger partial charge in [0, 0.05) is 23.9 Å². The number of aliphatic hydroxyl groups excluding tert-OH is 1. The summed E-state index contributed by atoms with van der Waals surface area (Å²) >= 11 is 0. The van der Waals surface area contributed by atoms with Crippen molar-refractivity contribution in [3.63, 3.8) is 0 Å². The van der Waals surface area contributed by atoms with E-state index in [0.29, 0.717) is 17.7 Å². The molecule has 0 radical (unpaired) electrons. The number of rotatable bonds is 4. The number of aromatic nitrogens is 2. The van der Waals surface area contributed by atoms with Crippen LogP contribution in [-0.2, 0) is 12.8 Å². The SMILES string of the molecule is O=C(NC1CC12CCCC[C@H]2CO)c1nn(C2CCCCC2)c2c1CCCC2. The van der Waals surface area contributed by atoms with E-state index in [0.717, 1.165) is 32.1 Å². The third-order valence-corrected chi connectivity index (χ3v) is 8.25. The fourth-order valence-electron chi connectivity index (χ4n) is 6.52. The van der Waals surface area contributed by atoms with Crippen LogP contribution in [0.2, 0.25) is 0 Å². The Morgan fingerprint density at radius 1 is 1.07 bits per heavy atom. The largest absolute Gasteiger partial charge is 0.396 e. The van der Waals surface area contributed by atoms with E-state index in [-0.39, 0.29) is 24.0 Å². The van der Waals surface area contributed by atoms with Crippen molar-refractivity contribution in [2.75, 3.05) is 6.61 Å². The smallest absolute Gasteiger partial charge is 0.272 e. The Morgan fingerprint density at radius 3 is 2.68 bits per heavy atom. The topological polar surface area (TPSA) is 67.2 Å². The van der Waals surface area contributed by atoms with Crippen molar-refractivity contribution in [3.05, 3.63) is 17.0 Å². The molecule has 154 valence electrons.